The van der Waals surface area contributed by atoms with Crippen LogP contribution in [0.4, 0.5) is 0 Å². The minimum absolute atomic E-state index is 0.658. The van der Waals surface area contributed by atoms with Crippen LogP contribution in [0.5, 0.6) is 5.75 Å². The van der Waals surface area contributed by atoms with Gasteiger partial charge in [0.2, 0.25) is 0 Å². The molecule has 6 aromatic rings. The minimum atomic E-state index is 0.658. The van der Waals surface area contributed by atoms with Gasteiger partial charge in [0.15, 0.2) is 0 Å². The molecule has 0 amide bonds. The molecule has 6 aromatic heterocycles. The summed E-state index contributed by atoms with van der Waals surface area (Å²) in [5, 5.41) is 11.9. The van der Waals surface area contributed by atoms with Crippen molar-refractivity contribution in [3.05, 3.63) is 66.6 Å². The maximum atomic E-state index is 6.01. The topological polar surface area (TPSA) is 95.6 Å². The van der Waals surface area contributed by atoms with Crippen LogP contribution in [0.15, 0.2) is 66.6 Å². The number of nitrogens with one attached hydrogen (secondary N) is 2. The van der Waals surface area contributed by atoms with Gasteiger partial charge in [0.05, 0.1) is 29.3 Å². The van der Waals surface area contributed by atoms with Crippen molar-refractivity contribution < 1.29 is 4.74 Å². The fraction of sp³-hybridized carbons (Fsp3) is 0.214. The van der Waals surface area contributed by atoms with Crippen LogP contribution in [0, 0.1) is 0 Å². The summed E-state index contributed by atoms with van der Waals surface area (Å²) in [6.07, 6.45) is 9.81. The predicted molar refractivity (Wildman–Crippen MR) is 147 cm³/mol. The summed E-state index contributed by atoms with van der Waals surface area (Å²) < 4.78 is 6.01. The van der Waals surface area contributed by atoms with E-state index in [2.05, 4.69) is 70.7 Å². The molecule has 7 rings (SSSR count). The largest absolute Gasteiger partial charge is 0.491 e. The molecule has 184 valence electrons. The highest BCUT2D eigenvalue weighted by atomic mass is 32.1. The van der Waals surface area contributed by atoms with Crippen molar-refractivity contribution in [2.45, 2.75) is 12.8 Å². The third-order valence-electron chi connectivity index (χ3n) is 6.90. The highest BCUT2D eigenvalue weighted by Crippen LogP contribution is 2.35. The van der Waals surface area contributed by atoms with Crippen LogP contribution in [0.2, 0.25) is 0 Å². The van der Waals surface area contributed by atoms with Crippen molar-refractivity contribution in [2.75, 3.05) is 26.2 Å². The van der Waals surface area contributed by atoms with Crippen molar-refractivity contribution in [2.24, 2.45) is 0 Å². The van der Waals surface area contributed by atoms with Crippen LogP contribution in [-0.2, 0) is 0 Å². The summed E-state index contributed by atoms with van der Waals surface area (Å²) in [5.74, 6) is 0.758. The second kappa shape index (κ2) is 9.42. The molecule has 0 atom stereocenters. The van der Waals surface area contributed by atoms with E-state index >= 15 is 0 Å². The summed E-state index contributed by atoms with van der Waals surface area (Å²) >= 11 is 1.72. The average Bonchev–Trinajstić information content (AvgIpc) is 3.74. The molecule has 0 aliphatic carbocycles. The molecule has 0 saturated carbocycles. The number of hydrogen-bond donors (Lipinski definition) is 2. The molecular formula is C28H25N7OS. The van der Waals surface area contributed by atoms with Crippen molar-refractivity contribution in [1.29, 1.82) is 0 Å². The molecule has 1 aliphatic heterocycles. The van der Waals surface area contributed by atoms with Gasteiger partial charge in [0.1, 0.15) is 23.7 Å². The van der Waals surface area contributed by atoms with E-state index < -0.39 is 0 Å². The van der Waals surface area contributed by atoms with Crippen molar-refractivity contribution >= 4 is 33.3 Å². The van der Waals surface area contributed by atoms with Gasteiger partial charge in [-0.15, -0.1) is 11.3 Å². The first-order chi connectivity index (χ1) is 18.3. The van der Waals surface area contributed by atoms with Gasteiger partial charge in [-0.2, -0.15) is 5.10 Å². The molecule has 0 unspecified atom stereocenters. The van der Waals surface area contributed by atoms with Gasteiger partial charge in [-0.25, -0.2) is 4.98 Å². The molecule has 9 heteroatoms. The fourth-order valence-corrected chi connectivity index (χ4v) is 5.78. The van der Waals surface area contributed by atoms with E-state index in [1.54, 1.807) is 17.5 Å². The minimum Gasteiger partial charge on any atom is -0.491 e. The fourth-order valence-electron chi connectivity index (χ4n) is 5.02. The van der Waals surface area contributed by atoms with E-state index in [1.807, 2.05) is 24.7 Å². The summed E-state index contributed by atoms with van der Waals surface area (Å²) in [5.41, 5.74) is 6.35. The molecule has 0 radical (unpaired) electrons. The zero-order valence-corrected chi connectivity index (χ0v) is 21.0. The lowest BCUT2D eigenvalue weighted by molar-refractivity contribution is 0.237. The van der Waals surface area contributed by atoms with E-state index in [0.29, 0.717) is 6.61 Å². The standard InChI is InChI=1S/C28H25N7OS/c1-2-8-35(7-1)9-10-36-19-12-18(15-29-16-19)23-14-22-25(17-31-23)33-34-27(22)24-13-21-20(26-4-3-11-37-26)5-6-30-28(21)32-24/h3-6,11-17H,1-2,7-10H2,(H,30,32)(H,33,34). The Kier molecular flexibility index (Phi) is 5.64. The van der Waals surface area contributed by atoms with Crippen LogP contribution in [-0.4, -0.2) is 61.3 Å². The van der Waals surface area contributed by atoms with Crippen LogP contribution < -0.4 is 4.74 Å². The quantitative estimate of drug-likeness (QED) is 0.285. The molecule has 2 N–H and O–H groups in total. The Bertz CT molecular complexity index is 1680. The summed E-state index contributed by atoms with van der Waals surface area (Å²) in [4.78, 5) is 20.7. The average molecular weight is 508 g/mol. The number of pyridine rings is 3. The zero-order chi connectivity index (χ0) is 24.6. The van der Waals surface area contributed by atoms with Crippen LogP contribution >= 0.6 is 11.3 Å². The van der Waals surface area contributed by atoms with E-state index in [9.17, 15) is 0 Å². The van der Waals surface area contributed by atoms with E-state index in [1.165, 1.54) is 30.8 Å². The van der Waals surface area contributed by atoms with Gasteiger partial charge in [-0.05, 0) is 61.6 Å². The van der Waals surface area contributed by atoms with Gasteiger partial charge in [-0.3, -0.25) is 20.0 Å². The number of ether oxygens (including phenoxy) is 1. The van der Waals surface area contributed by atoms with Crippen molar-refractivity contribution in [1.82, 2.24) is 35.0 Å². The summed E-state index contributed by atoms with van der Waals surface area (Å²) in [7, 11) is 0. The van der Waals surface area contributed by atoms with E-state index in [4.69, 9.17) is 4.74 Å². The van der Waals surface area contributed by atoms with Crippen LogP contribution in [0.25, 0.3) is 55.0 Å². The number of hydrogen-bond acceptors (Lipinski definition) is 7. The molecule has 7 heterocycles. The smallest absolute Gasteiger partial charge is 0.138 e. The normalized spacial score (nSPS) is 14.2. The lowest BCUT2D eigenvalue weighted by Gasteiger charge is -2.15. The molecule has 1 fully saturated rings. The van der Waals surface area contributed by atoms with Gasteiger partial charge < -0.3 is 9.72 Å². The van der Waals surface area contributed by atoms with Crippen molar-refractivity contribution in [3.8, 4) is 38.8 Å². The SMILES string of the molecule is c1csc(-c2ccnc3[nH]c(-c4n[nH]c5cnc(-c6cncc(OCCN7CCCC7)c6)cc45)cc23)c1. The highest BCUT2D eigenvalue weighted by molar-refractivity contribution is 7.13. The lowest BCUT2D eigenvalue weighted by Crippen LogP contribution is -2.25. The predicted octanol–water partition coefficient (Wildman–Crippen LogP) is 5.77. The third-order valence-corrected chi connectivity index (χ3v) is 7.81. The van der Waals surface area contributed by atoms with E-state index in [-0.39, 0.29) is 0 Å². The van der Waals surface area contributed by atoms with Gasteiger partial charge >= 0.3 is 0 Å². The Morgan fingerprint density at radius 1 is 1.00 bits per heavy atom. The Hall–Kier alpha value is -4.08. The zero-order valence-electron chi connectivity index (χ0n) is 20.1. The molecule has 37 heavy (non-hydrogen) atoms. The number of nitrogens with zero attached hydrogens (tertiary/aromatic N) is 5. The molecule has 0 aromatic carbocycles. The van der Waals surface area contributed by atoms with Crippen LogP contribution in [0.3, 0.4) is 0 Å². The second-order valence-corrected chi connectivity index (χ2v) is 10.2. The summed E-state index contributed by atoms with van der Waals surface area (Å²) in [6, 6.07) is 12.4. The number of aromatic amines is 2. The second-order valence-electron chi connectivity index (χ2n) is 9.27. The van der Waals surface area contributed by atoms with Crippen LogP contribution in [0.1, 0.15) is 12.8 Å². The number of likely N-dealkylation sites (tertiary alicyclic amines) is 1. The Morgan fingerprint density at radius 3 is 2.84 bits per heavy atom. The molecule has 8 nitrogen and oxygen atoms in total. The molecule has 1 aliphatic rings. The lowest BCUT2D eigenvalue weighted by atomic mass is 10.1. The Morgan fingerprint density at radius 2 is 1.95 bits per heavy atom. The first-order valence-electron chi connectivity index (χ1n) is 12.5. The number of fused-ring (bicyclic) bond motifs is 2. The third kappa shape index (κ3) is 4.26. The number of aromatic nitrogens is 6. The summed E-state index contributed by atoms with van der Waals surface area (Å²) in [6.45, 7) is 3.94. The first kappa shape index (κ1) is 22.1. The highest BCUT2D eigenvalue weighted by Gasteiger charge is 2.16. The number of thiophene rings is 1. The van der Waals surface area contributed by atoms with Gasteiger partial charge in [0, 0.05) is 45.7 Å². The molecule has 0 spiro atoms. The monoisotopic (exact) mass is 507 g/mol. The molecular weight excluding hydrogens is 482 g/mol. The van der Waals surface area contributed by atoms with E-state index in [0.717, 1.165) is 62.4 Å². The number of rotatable bonds is 7. The number of H-pyrrole nitrogens is 2. The maximum absolute atomic E-state index is 6.01. The van der Waals surface area contributed by atoms with Gasteiger partial charge in [-0.1, -0.05) is 6.07 Å². The maximum Gasteiger partial charge on any atom is 0.138 e. The molecule has 1 saturated heterocycles. The molecule has 0 bridgehead atoms. The first-order valence-corrected chi connectivity index (χ1v) is 13.4. The van der Waals surface area contributed by atoms with Crippen molar-refractivity contribution in [3.63, 3.8) is 0 Å². The Labute approximate surface area is 217 Å². The Balaban J connectivity index is 1.20. The van der Waals surface area contributed by atoms with Gasteiger partial charge in [0.25, 0.3) is 0 Å².